The first-order chi connectivity index (χ1) is 13.1. The van der Waals surface area contributed by atoms with Gasteiger partial charge in [-0.3, -0.25) is 18.3 Å². The zero-order valence-electron chi connectivity index (χ0n) is 16.5. The predicted molar refractivity (Wildman–Crippen MR) is 128 cm³/mol. The maximum atomic E-state index is 11.2. The molecule has 2 aliphatic heterocycles. The van der Waals surface area contributed by atoms with Crippen LogP contribution in [0.2, 0.25) is 0 Å². The lowest BCUT2D eigenvalue weighted by Crippen LogP contribution is -2.50. The summed E-state index contributed by atoms with van der Waals surface area (Å²) in [5, 5.41) is 3.38. The first-order valence-electron chi connectivity index (χ1n) is 9.54. The van der Waals surface area contributed by atoms with Crippen molar-refractivity contribution in [2.24, 2.45) is 0 Å². The van der Waals surface area contributed by atoms with Crippen LogP contribution in [0.5, 0.6) is 0 Å². The van der Waals surface area contributed by atoms with Crippen molar-refractivity contribution < 1.29 is 9.11 Å². The average molecular weight is 461 g/mol. The number of fused-ring (bicyclic) bond motifs is 1. The average Bonchev–Trinajstić information content (AvgIpc) is 2.93. The van der Waals surface area contributed by atoms with Gasteiger partial charge in [0.1, 0.15) is 0 Å². The van der Waals surface area contributed by atoms with Crippen LogP contribution >= 0.6 is 35.8 Å². The first kappa shape index (κ1) is 24.1. The number of nitrogens with one attached hydrogen (secondary N) is 1. The van der Waals surface area contributed by atoms with Crippen LogP contribution in [0.4, 0.5) is 17.1 Å². The quantitative estimate of drug-likeness (QED) is 0.576. The molecule has 0 amide bonds. The molecule has 2 aromatic rings. The fourth-order valence-electron chi connectivity index (χ4n) is 4.10. The van der Waals surface area contributed by atoms with E-state index in [1.165, 1.54) is 12.8 Å². The summed E-state index contributed by atoms with van der Waals surface area (Å²) >= 11 is 0. The molecule has 0 aliphatic carbocycles. The van der Waals surface area contributed by atoms with Crippen LogP contribution in [0.25, 0.3) is 0 Å². The highest BCUT2D eigenvalue weighted by Crippen LogP contribution is 2.63. The molecule has 29 heavy (non-hydrogen) atoms. The summed E-state index contributed by atoms with van der Waals surface area (Å²) in [5.41, 5.74) is 2.51. The normalized spacial score (nSPS) is 21.7. The number of anilines is 3. The lowest BCUT2D eigenvalue weighted by Gasteiger charge is -2.45. The van der Waals surface area contributed by atoms with E-state index in [9.17, 15) is 9.11 Å². The number of likely N-dealkylation sites (tertiary alicyclic amines) is 1. The van der Waals surface area contributed by atoms with E-state index in [0.29, 0.717) is 12.7 Å². The molecule has 1 fully saturated rings. The van der Waals surface area contributed by atoms with E-state index in [-0.39, 0.29) is 24.8 Å². The Morgan fingerprint density at radius 2 is 1.59 bits per heavy atom. The van der Waals surface area contributed by atoms with Crippen LogP contribution in [0.15, 0.2) is 54.6 Å². The zero-order valence-corrected chi connectivity index (χ0v) is 18.9. The Bertz CT molecular complexity index is 784. The molecular formula is C20H30Cl2N4O2S. The standard InChI is InChI=1S/C20H28N4O2S.2ClH/c1-21-20-13-7-8-14-22(20)15-16-23-18-11-5-6-12-19(18)24(27(23,25)26)17-9-3-2-4-10-17;;/h2-6,9-12,20-21,25-26H,7-8,13-16H2,1H3;2*1H. The summed E-state index contributed by atoms with van der Waals surface area (Å²) in [4.78, 5) is 2.41. The molecule has 0 radical (unpaired) electrons. The highest BCUT2D eigenvalue weighted by Gasteiger charge is 2.41. The van der Waals surface area contributed by atoms with Gasteiger partial charge < -0.3 is 5.32 Å². The minimum absolute atomic E-state index is 0. The predicted octanol–water partition coefficient (Wildman–Crippen LogP) is 5.10. The van der Waals surface area contributed by atoms with Gasteiger partial charge in [0.25, 0.3) is 0 Å². The molecule has 9 heteroatoms. The number of rotatable bonds is 5. The summed E-state index contributed by atoms with van der Waals surface area (Å²) in [5.74, 6) is 0. The molecule has 3 N–H and O–H groups in total. The number of hydrogen-bond acceptors (Lipinski definition) is 6. The van der Waals surface area contributed by atoms with Crippen molar-refractivity contribution in [1.29, 1.82) is 0 Å². The second-order valence-corrected chi connectivity index (χ2v) is 8.83. The van der Waals surface area contributed by atoms with E-state index in [4.69, 9.17) is 0 Å². The minimum Gasteiger partial charge on any atom is -0.305 e. The maximum absolute atomic E-state index is 11.2. The third kappa shape index (κ3) is 4.61. The van der Waals surface area contributed by atoms with Gasteiger partial charge in [-0.25, -0.2) is 4.31 Å². The van der Waals surface area contributed by atoms with E-state index in [0.717, 1.165) is 36.6 Å². The number of benzene rings is 2. The molecule has 4 rings (SSSR count). The van der Waals surface area contributed by atoms with E-state index < -0.39 is 11.0 Å². The van der Waals surface area contributed by atoms with Gasteiger partial charge in [-0.2, -0.15) is 0 Å². The van der Waals surface area contributed by atoms with Gasteiger partial charge >= 0.3 is 0 Å². The van der Waals surface area contributed by atoms with Crippen LogP contribution in [0.1, 0.15) is 19.3 Å². The van der Waals surface area contributed by atoms with E-state index in [2.05, 4.69) is 10.2 Å². The monoisotopic (exact) mass is 460 g/mol. The summed E-state index contributed by atoms with van der Waals surface area (Å²) < 4.78 is 25.8. The Kier molecular flexibility index (Phi) is 8.48. The highest BCUT2D eigenvalue weighted by molar-refractivity contribution is 8.27. The molecule has 0 aromatic heterocycles. The fourth-order valence-corrected chi connectivity index (χ4v) is 5.87. The number of nitrogens with zero attached hydrogens (tertiary/aromatic N) is 3. The Morgan fingerprint density at radius 1 is 0.931 bits per heavy atom. The molecular weight excluding hydrogens is 431 g/mol. The lowest BCUT2D eigenvalue weighted by molar-refractivity contribution is 0.132. The van der Waals surface area contributed by atoms with Gasteiger partial charge in [-0.1, -0.05) is 30.3 Å². The van der Waals surface area contributed by atoms with Gasteiger partial charge in [0.2, 0.25) is 0 Å². The minimum atomic E-state index is -3.15. The fraction of sp³-hybridized carbons (Fsp3) is 0.400. The van der Waals surface area contributed by atoms with Crippen LogP contribution in [-0.4, -0.2) is 46.9 Å². The Labute approximate surface area is 187 Å². The van der Waals surface area contributed by atoms with Crippen molar-refractivity contribution >= 4 is 52.8 Å². The summed E-state index contributed by atoms with van der Waals surface area (Å²) in [6.45, 7) is 2.40. The van der Waals surface area contributed by atoms with Crippen molar-refractivity contribution in [2.75, 3.05) is 35.3 Å². The van der Waals surface area contributed by atoms with E-state index >= 15 is 0 Å². The molecule has 1 unspecified atom stereocenters. The molecule has 2 heterocycles. The highest BCUT2D eigenvalue weighted by atomic mass is 35.5. The number of hydrogen-bond donors (Lipinski definition) is 3. The van der Waals surface area contributed by atoms with Gasteiger partial charge in [0.05, 0.1) is 29.8 Å². The molecule has 6 nitrogen and oxygen atoms in total. The van der Waals surface area contributed by atoms with E-state index in [1.807, 2.05) is 61.6 Å². The summed E-state index contributed by atoms with van der Waals surface area (Å²) in [6.07, 6.45) is 3.94. The SMILES string of the molecule is CNC1CCCCN1CCN1c2ccccc2N(c2ccccc2)S1(O)O.Cl.Cl. The molecule has 2 aromatic carbocycles. The molecule has 162 valence electrons. The summed E-state index contributed by atoms with van der Waals surface area (Å²) in [6, 6.07) is 17.4. The maximum Gasteiger partial charge on any atom is 0.0896 e. The molecule has 0 bridgehead atoms. The van der Waals surface area contributed by atoms with Gasteiger partial charge in [0, 0.05) is 6.54 Å². The second kappa shape index (κ2) is 10.2. The Morgan fingerprint density at radius 3 is 2.28 bits per heavy atom. The third-order valence-electron chi connectivity index (χ3n) is 5.44. The van der Waals surface area contributed by atoms with Crippen LogP contribution < -0.4 is 13.9 Å². The smallest absolute Gasteiger partial charge is 0.0896 e. The van der Waals surface area contributed by atoms with Crippen molar-refractivity contribution in [3.05, 3.63) is 54.6 Å². The first-order valence-corrected chi connectivity index (χ1v) is 11.0. The van der Waals surface area contributed by atoms with E-state index in [1.54, 1.807) is 8.61 Å². The summed E-state index contributed by atoms with van der Waals surface area (Å²) in [7, 11) is -1.15. The Hall–Kier alpha value is -1.19. The molecule has 1 saturated heterocycles. The third-order valence-corrected chi connectivity index (χ3v) is 7.31. The number of piperidine rings is 1. The number of para-hydroxylation sites is 3. The van der Waals surface area contributed by atoms with Crippen molar-refractivity contribution in [3.8, 4) is 0 Å². The molecule has 0 spiro atoms. The number of halogens is 2. The largest absolute Gasteiger partial charge is 0.305 e. The van der Waals surface area contributed by atoms with Crippen molar-refractivity contribution in [1.82, 2.24) is 10.2 Å². The van der Waals surface area contributed by atoms with Gasteiger partial charge in [-0.05, 0) is 68.1 Å². The lowest BCUT2D eigenvalue weighted by atomic mass is 10.1. The van der Waals surface area contributed by atoms with Crippen LogP contribution in [-0.2, 0) is 0 Å². The van der Waals surface area contributed by atoms with Crippen molar-refractivity contribution in [3.63, 3.8) is 0 Å². The Balaban J connectivity index is 0.00000150. The van der Waals surface area contributed by atoms with Gasteiger partial charge in [-0.15, -0.1) is 24.8 Å². The molecule has 0 saturated carbocycles. The van der Waals surface area contributed by atoms with Crippen LogP contribution in [0.3, 0.4) is 0 Å². The second-order valence-electron chi connectivity index (χ2n) is 7.05. The zero-order chi connectivity index (χ0) is 18.9. The van der Waals surface area contributed by atoms with Crippen LogP contribution in [0, 0.1) is 0 Å². The van der Waals surface area contributed by atoms with Crippen molar-refractivity contribution in [2.45, 2.75) is 25.4 Å². The topological polar surface area (TPSA) is 62.2 Å². The molecule has 2 aliphatic rings. The van der Waals surface area contributed by atoms with Gasteiger partial charge in [0.15, 0.2) is 0 Å². The molecule has 1 atom stereocenters.